The van der Waals surface area contributed by atoms with Gasteiger partial charge in [-0.3, -0.25) is 0 Å². The molecule has 1 aliphatic rings. The maximum atomic E-state index is 9.63. The molecule has 1 saturated heterocycles. The SMILES string of the molecule is C[C@@H](O)c1ccnc(N2CCCC(N(C)C)C2)c1. The number of hydrogen-bond acceptors (Lipinski definition) is 4. The number of hydrogen-bond donors (Lipinski definition) is 1. The van der Waals surface area contributed by atoms with Gasteiger partial charge in [-0.25, -0.2) is 4.98 Å². The number of likely N-dealkylation sites (N-methyl/N-ethyl adjacent to an activating group) is 1. The Morgan fingerprint density at radius 2 is 2.28 bits per heavy atom. The first-order chi connectivity index (χ1) is 8.58. The van der Waals surface area contributed by atoms with E-state index in [-0.39, 0.29) is 0 Å². The molecule has 0 amide bonds. The fourth-order valence-electron chi connectivity index (χ4n) is 2.45. The Balaban J connectivity index is 2.13. The Morgan fingerprint density at radius 3 is 2.94 bits per heavy atom. The first-order valence-electron chi connectivity index (χ1n) is 6.63. The van der Waals surface area contributed by atoms with Crippen molar-refractivity contribution in [3.8, 4) is 0 Å². The summed E-state index contributed by atoms with van der Waals surface area (Å²) in [6.07, 6.45) is 3.81. The van der Waals surface area contributed by atoms with E-state index in [0.717, 1.165) is 24.5 Å². The van der Waals surface area contributed by atoms with Crippen LogP contribution in [0.2, 0.25) is 0 Å². The van der Waals surface area contributed by atoms with Crippen molar-refractivity contribution in [2.75, 3.05) is 32.1 Å². The molecule has 1 unspecified atom stereocenters. The maximum absolute atomic E-state index is 9.63. The van der Waals surface area contributed by atoms with Crippen LogP contribution in [-0.4, -0.2) is 48.2 Å². The molecule has 2 atom stereocenters. The third-order valence-corrected chi connectivity index (χ3v) is 3.70. The normalized spacial score (nSPS) is 22.3. The van der Waals surface area contributed by atoms with Gasteiger partial charge >= 0.3 is 0 Å². The second kappa shape index (κ2) is 5.67. The van der Waals surface area contributed by atoms with Crippen molar-refractivity contribution in [3.05, 3.63) is 23.9 Å². The van der Waals surface area contributed by atoms with Gasteiger partial charge in [0.05, 0.1) is 6.10 Å². The number of piperidine rings is 1. The van der Waals surface area contributed by atoms with Gasteiger partial charge in [-0.1, -0.05) is 0 Å². The van der Waals surface area contributed by atoms with Gasteiger partial charge in [0.2, 0.25) is 0 Å². The zero-order valence-electron chi connectivity index (χ0n) is 11.5. The lowest BCUT2D eigenvalue weighted by atomic mass is 10.0. The average Bonchev–Trinajstić information content (AvgIpc) is 2.39. The Bertz CT molecular complexity index is 392. The zero-order valence-corrected chi connectivity index (χ0v) is 11.5. The van der Waals surface area contributed by atoms with Gasteiger partial charge in [0, 0.05) is 25.3 Å². The summed E-state index contributed by atoms with van der Waals surface area (Å²) in [5, 5.41) is 9.63. The number of aliphatic hydroxyl groups excluding tert-OH is 1. The third kappa shape index (κ3) is 3.00. The van der Waals surface area contributed by atoms with Gasteiger partial charge in [0.25, 0.3) is 0 Å². The predicted octanol–water partition coefficient (Wildman–Crippen LogP) is 1.67. The van der Waals surface area contributed by atoms with Crippen LogP contribution in [-0.2, 0) is 0 Å². The first kappa shape index (κ1) is 13.3. The number of aromatic nitrogens is 1. The molecular formula is C14H23N3O. The van der Waals surface area contributed by atoms with Crippen LogP contribution < -0.4 is 4.90 Å². The molecule has 0 saturated carbocycles. The topological polar surface area (TPSA) is 39.6 Å². The Kier molecular flexibility index (Phi) is 4.19. The minimum absolute atomic E-state index is 0.429. The summed E-state index contributed by atoms with van der Waals surface area (Å²) in [5.74, 6) is 0.986. The summed E-state index contributed by atoms with van der Waals surface area (Å²) in [5.41, 5.74) is 0.937. The van der Waals surface area contributed by atoms with E-state index >= 15 is 0 Å². The van der Waals surface area contributed by atoms with Gasteiger partial charge in [-0.05, 0) is 51.6 Å². The van der Waals surface area contributed by atoms with Gasteiger partial charge in [-0.2, -0.15) is 0 Å². The lowest BCUT2D eigenvalue weighted by Crippen LogP contribution is -2.45. The van der Waals surface area contributed by atoms with Crippen LogP contribution in [0, 0.1) is 0 Å². The van der Waals surface area contributed by atoms with E-state index in [1.807, 2.05) is 12.1 Å². The largest absolute Gasteiger partial charge is 0.389 e. The highest BCUT2D eigenvalue weighted by Crippen LogP contribution is 2.22. The Morgan fingerprint density at radius 1 is 1.50 bits per heavy atom. The van der Waals surface area contributed by atoms with Crippen LogP contribution in [0.5, 0.6) is 0 Å². The van der Waals surface area contributed by atoms with Crippen LogP contribution >= 0.6 is 0 Å². The van der Waals surface area contributed by atoms with E-state index in [1.54, 1.807) is 13.1 Å². The molecule has 0 aliphatic carbocycles. The number of anilines is 1. The molecule has 1 aromatic heterocycles. The summed E-state index contributed by atoms with van der Waals surface area (Å²) >= 11 is 0. The molecule has 0 bridgehead atoms. The molecule has 2 rings (SSSR count). The van der Waals surface area contributed by atoms with Crippen LogP contribution in [0.15, 0.2) is 18.3 Å². The monoisotopic (exact) mass is 249 g/mol. The molecular weight excluding hydrogens is 226 g/mol. The van der Waals surface area contributed by atoms with Gasteiger partial charge < -0.3 is 14.9 Å². The quantitative estimate of drug-likeness (QED) is 0.884. The molecule has 1 aromatic rings. The van der Waals surface area contributed by atoms with E-state index in [4.69, 9.17) is 0 Å². The van der Waals surface area contributed by atoms with Gasteiger partial charge in [-0.15, -0.1) is 0 Å². The van der Waals surface area contributed by atoms with Crippen molar-refractivity contribution >= 4 is 5.82 Å². The fraction of sp³-hybridized carbons (Fsp3) is 0.643. The summed E-state index contributed by atoms with van der Waals surface area (Å²) in [4.78, 5) is 9.04. The lowest BCUT2D eigenvalue weighted by molar-refractivity contribution is 0.199. The van der Waals surface area contributed by atoms with Crippen LogP contribution in [0.1, 0.15) is 31.4 Å². The molecule has 1 aliphatic heterocycles. The highest BCUT2D eigenvalue weighted by molar-refractivity contribution is 5.42. The van der Waals surface area contributed by atoms with Gasteiger partial charge in [0.15, 0.2) is 0 Å². The predicted molar refractivity (Wildman–Crippen MR) is 73.8 cm³/mol. The van der Waals surface area contributed by atoms with Crippen LogP contribution in [0.3, 0.4) is 0 Å². The Hall–Kier alpha value is -1.13. The molecule has 0 aromatic carbocycles. The summed E-state index contributed by atoms with van der Waals surface area (Å²) in [7, 11) is 4.27. The molecule has 1 fully saturated rings. The number of rotatable bonds is 3. The third-order valence-electron chi connectivity index (χ3n) is 3.70. The number of aliphatic hydroxyl groups is 1. The van der Waals surface area contributed by atoms with Gasteiger partial charge in [0.1, 0.15) is 5.82 Å². The molecule has 0 radical (unpaired) electrons. The number of nitrogens with zero attached hydrogens (tertiary/aromatic N) is 3. The van der Waals surface area contributed by atoms with E-state index < -0.39 is 6.10 Å². The molecule has 100 valence electrons. The fourth-order valence-corrected chi connectivity index (χ4v) is 2.45. The maximum Gasteiger partial charge on any atom is 0.128 e. The van der Waals surface area contributed by atoms with Crippen molar-refractivity contribution in [1.82, 2.24) is 9.88 Å². The minimum atomic E-state index is -0.429. The van der Waals surface area contributed by atoms with E-state index in [0.29, 0.717) is 6.04 Å². The van der Waals surface area contributed by atoms with Crippen LogP contribution in [0.25, 0.3) is 0 Å². The standard InChI is InChI=1S/C14H23N3O/c1-11(18)12-6-7-15-14(9-12)17-8-4-5-13(10-17)16(2)3/h6-7,9,11,13,18H,4-5,8,10H2,1-3H3/t11-,13?/m1/s1. The van der Waals surface area contributed by atoms with Crippen LogP contribution in [0.4, 0.5) is 5.82 Å². The van der Waals surface area contributed by atoms with Crippen molar-refractivity contribution in [2.45, 2.75) is 31.9 Å². The van der Waals surface area contributed by atoms with Crippen molar-refractivity contribution in [3.63, 3.8) is 0 Å². The molecule has 2 heterocycles. The molecule has 18 heavy (non-hydrogen) atoms. The molecule has 1 N–H and O–H groups in total. The summed E-state index contributed by atoms with van der Waals surface area (Å²) in [6, 6.07) is 4.47. The minimum Gasteiger partial charge on any atom is -0.389 e. The highest BCUT2D eigenvalue weighted by Gasteiger charge is 2.22. The van der Waals surface area contributed by atoms with Crippen molar-refractivity contribution < 1.29 is 5.11 Å². The summed E-state index contributed by atoms with van der Waals surface area (Å²) < 4.78 is 0. The smallest absolute Gasteiger partial charge is 0.128 e. The zero-order chi connectivity index (χ0) is 13.1. The summed E-state index contributed by atoms with van der Waals surface area (Å²) in [6.45, 7) is 3.86. The molecule has 0 spiro atoms. The Labute approximate surface area is 109 Å². The van der Waals surface area contributed by atoms with E-state index in [2.05, 4.69) is 28.9 Å². The lowest BCUT2D eigenvalue weighted by Gasteiger charge is -2.37. The number of pyridine rings is 1. The first-order valence-corrected chi connectivity index (χ1v) is 6.63. The highest BCUT2D eigenvalue weighted by atomic mass is 16.3. The molecule has 4 heteroatoms. The van der Waals surface area contributed by atoms with E-state index in [9.17, 15) is 5.11 Å². The molecule has 4 nitrogen and oxygen atoms in total. The average molecular weight is 249 g/mol. The van der Waals surface area contributed by atoms with E-state index in [1.165, 1.54) is 12.8 Å². The second-order valence-electron chi connectivity index (χ2n) is 5.33. The van der Waals surface area contributed by atoms with Crippen molar-refractivity contribution in [2.24, 2.45) is 0 Å². The van der Waals surface area contributed by atoms with Crippen molar-refractivity contribution in [1.29, 1.82) is 0 Å². The second-order valence-corrected chi connectivity index (χ2v) is 5.33.